The number of hydrogen-bond donors (Lipinski definition) is 0. The number of carbonyl (C=O) groups is 2. The minimum Gasteiger partial charge on any atom is -0.290 e. The maximum absolute atomic E-state index is 11.8. The van der Waals surface area contributed by atoms with E-state index in [1.165, 1.54) is 82.4 Å². The smallest absolute Gasteiger partial charge is 0.182 e. The molecule has 0 aromatic carbocycles. The van der Waals surface area contributed by atoms with Crippen molar-refractivity contribution in [2.24, 2.45) is 0 Å². The van der Waals surface area contributed by atoms with E-state index in [4.69, 9.17) is 0 Å². The van der Waals surface area contributed by atoms with Gasteiger partial charge < -0.3 is 0 Å². The third-order valence-corrected chi connectivity index (χ3v) is 8.03. The third-order valence-electron chi connectivity index (χ3n) is 4.70. The molecule has 5 heteroatoms. The lowest BCUT2D eigenvalue weighted by Crippen LogP contribution is -2.18. The van der Waals surface area contributed by atoms with E-state index >= 15 is 0 Å². The van der Waals surface area contributed by atoms with Crippen molar-refractivity contribution in [3.05, 3.63) is 23.8 Å². The van der Waals surface area contributed by atoms with Gasteiger partial charge in [0.1, 0.15) is 0 Å². The molecule has 0 aromatic heterocycles. The lowest BCUT2D eigenvalue weighted by molar-refractivity contribution is -0.114. The highest BCUT2D eigenvalue weighted by atomic mass is 79.9. The van der Waals surface area contributed by atoms with E-state index in [2.05, 4.69) is 47.8 Å². The van der Waals surface area contributed by atoms with Crippen LogP contribution in [0.2, 0.25) is 0 Å². The first kappa shape index (κ1) is 24.3. The Kier molecular flexibility index (Phi) is 14.2. The Morgan fingerprint density at radius 2 is 1.27 bits per heavy atom. The number of unbranched alkanes of at least 4 members (excludes halogenated alkanes) is 9. The summed E-state index contributed by atoms with van der Waals surface area (Å²) in [5, 5.41) is 1.14. The molecule has 1 aliphatic carbocycles. The molecule has 0 N–H and O–H groups in total. The van der Waals surface area contributed by atoms with Crippen LogP contribution in [0.5, 0.6) is 0 Å². The minimum atomic E-state index is -0.0893. The van der Waals surface area contributed by atoms with Gasteiger partial charge in [0.25, 0.3) is 0 Å². The number of ketones is 2. The van der Waals surface area contributed by atoms with Gasteiger partial charge in [-0.15, -0.1) is 0 Å². The molecule has 2 nitrogen and oxygen atoms in total. The summed E-state index contributed by atoms with van der Waals surface area (Å²) in [5.74, 6) is -0.130. The molecule has 0 radical (unpaired) electrons. The Morgan fingerprint density at radius 1 is 0.731 bits per heavy atom. The highest BCUT2D eigenvalue weighted by Gasteiger charge is 2.21. The Balaban J connectivity index is 2.03. The van der Waals surface area contributed by atoms with E-state index in [0.717, 1.165) is 11.8 Å². The molecule has 0 aliphatic heterocycles. The topological polar surface area (TPSA) is 34.1 Å². The number of alkyl halides is 3. The summed E-state index contributed by atoms with van der Waals surface area (Å²) in [4.78, 5) is 23.7. The Morgan fingerprint density at radius 3 is 1.85 bits per heavy atom. The largest absolute Gasteiger partial charge is 0.290 e. The first-order chi connectivity index (χ1) is 12.5. The van der Waals surface area contributed by atoms with Crippen LogP contribution in [-0.2, 0) is 9.59 Å². The van der Waals surface area contributed by atoms with Gasteiger partial charge in [0.05, 0.1) is 0 Å². The average Bonchev–Trinajstić information content (AvgIpc) is 2.62. The van der Waals surface area contributed by atoms with Crippen LogP contribution in [-0.4, -0.2) is 26.6 Å². The predicted molar refractivity (Wildman–Crippen MR) is 122 cm³/mol. The van der Waals surface area contributed by atoms with Gasteiger partial charge in [-0.05, 0) is 37.5 Å². The van der Waals surface area contributed by atoms with Gasteiger partial charge in [-0.2, -0.15) is 0 Å². The summed E-state index contributed by atoms with van der Waals surface area (Å²) >= 11 is 10.9. The van der Waals surface area contributed by atoms with Crippen LogP contribution < -0.4 is 0 Å². The highest BCUT2D eigenvalue weighted by Crippen LogP contribution is 2.27. The van der Waals surface area contributed by atoms with Crippen molar-refractivity contribution in [3.8, 4) is 0 Å². The van der Waals surface area contributed by atoms with Crippen LogP contribution in [0.15, 0.2) is 23.8 Å². The number of rotatable bonds is 15. The second-order valence-electron chi connectivity index (χ2n) is 7.02. The number of allylic oxidation sites excluding steroid dienone is 4. The number of hydrogen-bond acceptors (Lipinski definition) is 2. The van der Waals surface area contributed by atoms with E-state index in [1.807, 2.05) is 0 Å². The van der Waals surface area contributed by atoms with Crippen LogP contribution in [0.3, 0.4) is 0 Å². The van der Waals surface area contributed by atoms with Crippen molar-refractivity contribution in [2.45, 2.75) is 86.7 Å². The van der Waals surface area contributed by atoms with Crippen molar-refractivity contribution < 1.29 is 9.59 Å². The summed E-state index contributed by atoms with van der Waals surface area (Å²) in [5.41, 5.74) is 0.611. The molecular formula is C21H31Br3O2. The van der Waals surface area contributed by atoms with Gasteiger partial charge in [-0.25, -0.2) is 0 Å². The molecule has 2 unspecified atom stereocenters. The van der Waals surface area contributed by atoms with Crippen molar-refractivity contribution in [1.29, 1.82) is 0 Å². The maximum Gasteiger partial charge on any atom is 0.182 e. The lowest BCUT2D eigenvalue weighted by atomic mass is 9.97. The van der Waals surface area contributed by atoms with E-state index in [-0.39, 0.29) is 16.4 Å². The fourth-order valence-electron chi connectivity index (χ4n) is 3.08. The van der Waals surface area contributed by atoms with Crippen LogP contribution in [0.1, 0.15) is 77.0 Å². The Hall–Kier alpha value is 0.260. The molecule has 0 saturated heterocycles. The molecule has 0 heterocycles. The molecule has 1 aliphatic rings. The van der Waals surface area contributed by atoms with Crippen molar-refractivity contribution in [1.82, 2.24) is 0 Å². The summed E-state index contributed by atoms with van der Waals surface area (Å²) in [6.45, 7) is 0. The van der Waals surface area contributed by atoms with E-state index in [1.54, 1.807) is 0 Å². The van der Waals surface area contributed by atoms with Gasteiger partial charge >= 0.3 is 0 Å². The zero-order valence-corrected chi connectivity index (χ0v) is 20.3. The molecular weight excluding hydrogens is 524 g/mol. The molecule has 0 bridgehead atoms. The molecule has 0 spiro atoms. The van der Waals surface area contributed by atoms with Gasteiger partial charge in [-0.3, -0.25) is 9.59 Å². The molecule has 0 fully saturated rings. The van der Waals surface area contributed by atoms with E-state index in [9.17, 15) is 9.59 Å². The zero-order valence-electron chi connectivity index (χ0n) is 15.5. The summed E-state index contributed by atoms with van der Waals surface area (Å²) in [6.07, 6.45) is 19.2. The normalized spacial score (nSPS) is 16.7. The van der Waals surface area contributed by atoms with Gasteiger partial charge in [0.2, 0.25) is 0 Å². The van der Waals surface area contributed by atoms with Crippen LogP contribution in [0.25, 0.3) is 0 Å². The quantitative estimate of drug-likeness (QED) is 0.122. The first-order valence-corrected chi connectivity index (χ1v) is 12.8. The summed E-state index contributed by atoms with van der Waals surface area (Å²) in [6, 6.07) is 0. The molecule has 1 rings (SSSR count). The monoisotopic (exact) mass is 552 g/mol. The van der Waals surface area contributed by atoms with Gasteiger partial charge in [0, 0.05) is 20.6 Å². The third kappa shape index (κ3) is 11.2. The second kappa shape index (κ2) is 15.2. The highest BCUT2D eigenvalue weighted by molar-refractivity contribution is 9.12. The predicted octanol–water partition coefficient (Wildman–Crippen LogP) is 7.22. The molecule has 0 amide bonds. The average molecular weight is 555 g/mol. The van der Waals surface area contributed by atoms with Crippen molar-refractivity contribution in [3.63, 3.8) is 0 Å². The number of halogens is 3. The maximum atomic E-state index is 11.8. The lowest BCUT2D eigenvalue weighted by Gasteiger charge is -2.18. The summed E-state index contributed by atoms with van der Waals surface area (Å²) in [7, 11) is 0. The Labute approximate surface area is 184 Å². The van der Waals surface area contributed by atoms with Crippen LogP contribution in [0.4, 0.5) is 0 Å². The second-order valence-corrected chi connectivity index (χ2v) is 10.2. The standard InChI is InChI=1S/C21H31Br3O2/c22-14-10-8-6-4-2-1-3-5-7-9-11-19(23)20(24)16-17-15-18(25)12-13-21(17)26/h12-13,15,19-20H,1-11,14,16H2. The SMILES string of the molecule is O=C1C=CC(=O)C(CC(Br)C(Br)CCCCCCCCCCCCBr)=C1. The van der Waals surface area contributed by atoms with Gasteiger partial charge in [0.15, 0.2) is 11.6 Å². The van der Waals surface area contributed by atoms with E-state index < -0.39 is 0 Å². The fraction of sp³-hybridized carbons (Fsp3) is 0.714. The van der Waals surface area contributed by atoms with Crippen molar-refractivity contribution in [2.75, 3.05) is 5.33 Å². The first-order valence-electron chi connectivity index (χ1n) is 9.85. The van der Waals surface area contributed by atoms with Crippen LogP contribution in [0, 0.1) is 0 Å². The fourth-order valence-corrected chi connectivity index (χ4v) is 4.60. The molecule has 0 aromatic rings. The molecule has 26 heavy (non-hydrogen) atoms. The zero-order chi connectivity index (χ0) is 19.2. The van der Waals surface area contributed by atoms with Gasteiger partial charge in [-0.1, -0.05) is 106 Å². The van der Waals surface area contributed by atoms with Crippen molar-refractivity contribution >= 4 is 59.4 Å². The summed E-state index contributed by atoms with van der Waals surface area (Å²) < 4.78 is 0. The van der Waals surface area contributed by atoms with E-state index in [0.29, 0.717) is 16.8 Å². The Bertz CT molecular complexity index is 486. The molecule has 2 atom stereocenters. The molecule has 0 saturated carbocycles. The minimum absolute atomic E-state index is 0.0408. The molecule has 148 valence electrons. The number of carbonyl (C=O) groups excluding carboxylic acids is 2. The van der Waals surface area contributed by atoms with Crippen LogP contribution >= 0.6 is 47.8 Å².